The molecule has 3 aromatic rings. The zero-order chi connectivity index (χ0) is 19.3. The number of nitrogens with one attached hydrogen (secondary N) is 1. The molecular formula is C16H11F2N3O5. The number of aromatic amines is 1. The Hall–Kier alpha value is -3.69. The number of nitrogen functional groups attached to an aromatic ring is 1. The van der Waals surface area contributed by atoms with Gasteiger partial charge in [-0.2, -0.15) is 0 Å². The normalized spacial score (nSPS) is 11.0. The Bertz CT molecular complexity index is 1160. The molecule has 0 amide bonds. The number of aromatic nitrogens is 2. The molecule has 0 spiro atoms. The Morgan fingerprint density at radius 2 is 1.77 bits per heavy atom. The number of hydrogen-bond acceptors (Lipinski definition) is 4. The van der Waals surface area contributed by atoms with E-state index in [0.717, 1.165) is 6.07 Å². The van der Waals surface area contributed by atoms with E-state index >= 15 is 0 Å². The summed E-state index contributed by atoms with van der Waals surface area (Å²) < 4.78 is 31.1. The number of fused-ring (bicyclic) bond motifs is 1. The van der Waals surface area contributed by atoms with E-state index in [0.29, 0.717) is 0 Å². The molecule has 1 aromatic carbocycles. The fourth-order valence-electron chi connectivity index (χ4n) is 2.86. The third-order valence-electron chi connectivity index (χ3n) is 4.00. The van der Waals surface area contributed by atoms with Gasteiger partial charge in [-0.25, -0.2) is 18.4 Å². The Labute approximate surface area is 143 Å². The van der Waals surface area contributed by atoms with Crippen LogP contribution in [0.1, 0.15) is 20.7 Å². The van der Waals surface area contributed by atoms with E-state index < -0.39 is 57.2 Å². The molecule has 0 aliphatic carbocycles. The average Bonchev–Trinajstić information content (AvgIpc) is 2.87. The molecule has 3 rings (SSSR count). The smallest absolute Gasteiger partial charge is 0.342 e. The Balaban J connectivity index is 2.59. The second-order valence-corrected chi connectivity index (χ2v) is 5.51. The zero-order valence-corrected chi connectivity index (χ0v) is 13.1. The maximum atomic E-state index is 15.0. The van der Waals surface area contributed by atoms with E-state index in [9.17, 15) is 33.4 Å². The summed E-state index contributed by atoms with van der Waals surface area (Å²) in [5.74, 6) is -6.74. The van der Waals surface area contributed by atoms with Gasteiger partial charge in [0.05, 0.1) is 11.1 Å². The maximum absolute atomic E-state index is 15.0. The highest BCUT2D eigenvalue weighted by Crippen LogP contribution is 2.36. The molecule has 0 unspecified atom stereocenters. The van der Waals surface area contributed by atoms with E-state index in [1.807, 2.05) is 4.98 Å². The minimum absolute atomic E-state index is 0.0737. The molecule has 5 N–H and O–H groups in total. The molecule has 134 valence electrons. The van der Waals surface area contributed by atoms with Crippen LogP contribution in [0.3, 0.4) is 0 Å². The van der Waals surface area contributed by atoms with E-state index in [-0.39, 0.29) is 10.9 Å². The van der Waals surface area contributed by atoms with Crippen molar-refractivity contribution in [3.63, 3.8) is 0 Å². The van der Waals surface area contributed by atoms with Crippen LogP contribution in [-0.4, -0.2) is 31.7 Å². The van der Waals surface area contributed by atoms with Crippen LogP contribution in [0.25, 0.3) is 22.0 Å². The third-order valence-corrected chi connectivity index (χ3v) is 4.00. The largest absolute Gasteiger partial charge is 0.478 e. The molecular weight excluding hydrogens is 352 g/mol. The molecule has 0 aliphatic rings. The quantitative estimate of drug-likeness (QED) is 0.560. The first-order valence-corrected chi connectivity index (χ1v) is 7.10. The molecule has 2 heterocycles. The number of nitrogens with zero attached hydrogens (tertiary/aromatic N) is 1. The van der Waals surface area contributed by atoms with Gasteiger partial charge in [0, 0.05) is 24.2 Å². The lowest BCUT2D eigenvalue weighted by molar-refractivity contribution is 0.0695. The minimum Gasteiger partial charge on any atom is -0.478 e. The summed E-state index contributed by atoms with van der Waals surface area (Å²) in [7, 11) is 1.54. The number of pyridine rings is 1. The van der Waals surface area contributed by atoms with Gasteiger partial charge in [0.2, 0.25) is 0 Å². The number of halogens is 2. The number of nitrogens with two attached hydrogens (primary N) is 1. The molecule has 8 nitrogen and oxygen atoms in total. The van der Waals surface area contributed by atoms with Gasteiger partial charge in [0.25, 0.3) is 5.56 Å². The summed E-state index contributed by atoms with van der Waals surface area (Å²) in [5.41, 5.74) is 0.455. The van der Waals surface area contributed by atoms with Gasteiger partial charge in [-0.3, -0.25) is 4.79 Å². The first-order chi connectivity index (χ1) is 12.1. The predicted molar refractivity (Wildman–Crippen MR) is 87.2 cm³/mol. The van der Waals surface area contributed by atoms with Gasteiger partial charge in [0.15, 0.2) is 0 Å². The second kappa shape index (κ2) is 5.69. The van der Waals surface area contributed by atoms with E-state index in [4.69, 9.17) is 5.73 Å². The van der Waals surface area contributed by atoms with E-state index in [1.165, 1.54) is 23.9 Å². The Morgan fingerprint density at radius 3 is 2.35 bits per heavy atom. The van der Waals surface area contributed by atoms with Crippen molar-refractivity contribution in [2.24, 2.45) is 7.05 Å². The van der Waals surface area contributed by atoms with Gasteiger partial charge in [-0.1, -0.05) is 0 Å². The summed E-state index contributed by atoms with van der Waals surface area (Å²) in [6, 6.07) is 2.23. The monoisotopic (exact) mass is 363 g/mol. The minimum atomic E-state index is -1.85. The summed E-state index contributed by atoms with van der Waals surface area (Å²) in [5, 5.41) is 18.6. The molecule has 0 aliphatic heterocycles. The SMILES string of the molecule is Cn1ccc2c(F)c(-c3c(C(=O)O)c(N)[nH]c(=O)c3C(=O)O)c(F)cc21. The van der Waals surface area contributed by atoms with Crippen LogP contribution in [0.15, 0.2) is 23.1 Å². The summed E-state index contributed by atoms with van der Waals surface area (Å²) in [6.07, 6.45) is 1.44. The molecule has 0 fully saturated rings. The van der Waals surface area contributed by atoms with Crippen molar-refractivity contribution < 1.29 is 28.6 Å². The lowest BCUT2D eigenvalue weighted by Gasteiger charge is -2.14. The number of H-pyrrole nitrogens is 1. The number of carboxylic acid groups (broad SMARTS) is 2. The van der Waals surface area contributed by atoms with Gasteiger partial charge in [0.1, 0.15) is 28.6 Å². The van der Waals surface area contributed by atoms with Crippen molar-refractivity contribution in [2.45, 2.75) is 0 Å². The fraction of sp³-hybridized carbons (Fsp3) is 0.0625. The first kappa shape index (κ1) is 17.1. The molecule has 0 saturated heterocycles. The zero-order valence-electron chi connectivity index (χ0n) is 13.1. The van der Waals surface area contributed by atoms with Crippen molar-refractivity contribution in [3.8, 4) is 11.1 Å². The second-order valence-electron chi connectivity index (χ2n) is 5.51. The third kappa shape index (κ3) is 2.31. The van der Waals surface area contributed by atoms with Crippen LogP contribution in [-0.2, 0) is 7.05 Å². The van der Waals surface area contributed by atoms with Crippen LogP contribution in [0.4, 0.5) is 14.6 Å². The standard InChI is InChI=1S/C16H11F2N3O5/c1-21-3-2-5-7(21)4-6(17)8(12(5)18)9-10(15(23)24)13(19)20-14(22)11(9)16(25)26/h2-4H,1H3,(H,23,24)(H,25,26)(H3,19,20,22). The molecule has 0 atom stereocenters. The van der Waals surface area contributed by atoms with Crippen LogP contribution in [0.2, 0.25) is 0 Å². The topological polar surface area (TPSA) is 138 Å². The van der Waals surface area contributed by atoms with Crippen LogP contribution >= 0.6 is 0 Å². The highest BCUT2D eigenvalue weighted by atomic mass is 19.1. The summed E-state index contributed by atoms with van der Waals surface area (Å²) in [4.78, 5) is 36.9. The number of carbonyl (C=O) groups is 2. The van der Waals surface area contributed by atoms with Gasteiger partial charge < -0.3 is 25.5 Å². The number of carboxylic acids is 2. The van der Waals surface area contributed by atoms with Crippen LogP contribution in [0, 0.1) is 11.6 Å². The number of aromatic carboxylic acids is 2. The molecule has 26 heavy (non-hydrogen) atoms. The van der Waals surface area contributed by atoms with Crippen LogP contribution < -0.4 is 11.3 Å². The highest BCUT2D eigenvalue weighted by molar-refractivity contribution is 6.08. The lowest BCUT2D eigenvalue weighted by atomic mass is 9.93. The van der Waals surface area contributed by atoms with Gasteiger partial charge in [-0.15, -0.1) is 0 Å². The molecule has 0 bridgehead atoms. The molecule has 0 radical (unpaired) electrons. The lowest BCUT2D eigenvalue weighted by Crippen LogP contribution is -2.24. The van der Waals surface area contributed by atoms with Crippen molar-refractivity contribution in [3.05, 3.63) is 51.4 Å². The van der Waals surface area contributed by atoms with Crippen molar-refractivity contribution in [2.75, 3.05) is 5.73 Å². The summed E-state index contributed by atoms with van der Waals surface area (Å²) >= 11 is 0. The van der Waals surface area contributed by atoms with Gasteiger partial charge >= 0.3 is 11.9 Å². The fourth-order valence-corrected chi connectivity index (χ4v) is 2.86. The van der Waals surface area contributed by atoms with Crippen molar-refractivity contribution in [1.82, 2.24) is 9.55 Å². The number of anilines is 1. The Morgan fingerprint density at radius 1 is 1.15 bits per heavy atom. The number of benzene rings is 1. The van der Waals surface area contributed by atoms with Crippen molar-refractivity contribution in [1.29, 1.82) is 0 Å². The average molecular weight is 363 g/mol. The van der Waals surface area contributed by atoms with E-state index in [1.54, 1.807) is 0 Å². The predicted octanol–water partition coefficient (Wildman–Crippen LogP) is 1.79. The molecule has 2 aromatic heterocycles. The van der Waals surface area contributed by atoms with Gasteiger partial charge in [-0.05, 0) is 12.1 Å². The maximum Gasteiger partial charge on any atom is 0.342 e. The van der Waals surface area contributed by atoms with Crippen LogP contribution in [0.5, 0.6) is 0 Å². The highest BCUT2D eigenvalue weighted by Gasteiger charge is 2.31. The Kier molecular flexibility index (Phi) is 3.75. The molecule has 10 heteroatoms. The van der Waals surface area contributed by atoms with E-state index in [2.05, 4.69) is 0 Å². The van der Waals surface area contributed by atoms with Crippen molar-refractivity contribution >= 4 is 28.7 Å². The first-order valence-electron chi connectivity index (χ1n) is 7.10. The molecule has 0 saturated carbocycles. The number of aryl methyl sites for hydroxylation is 1. The number of hydrogen-bond donors (Lipinski definition) is 4. The number of rotatable bonds is 3. The summed E-state index contributed by atoms with van der Waals surface area (Å²) in [6.45, 7) is 0.